The molecule has 428 valence electrons. The van der Waals surface area contributed by atoms with Gasteiger partial charge in [0.1, 0.15) is 80.3 Å². The van der Waals surface area contributed by atoms with Crippen molar-refractivity contribution >= 4 is 69.6 Å². The zero-order valence-electron chi connectivity index (χ0n) is 40.1. The maximum Gasteiger partial charge on any atom is 0.472 e. The molecule has 4 saturated heterocycles. The van der Waals surface area contributed by atoms with E-state index < -0.39 is 165 Å². The van der Waals surface area contributed by atoms with Crippen molar-refractivity contribution in [2.45, 2.75) is 99.4 Å². The van der Waals surface area contributed by atoms with Crippen molar-refractivity contribution in [1.29, 1.82) is 0 Å². The molecule has 40 nitrogen and oxygen atoms in total. The summed E-state index contributed by atoms with van der Waals surface area (Å²) in [6, 6.07) is 0. The van der Waals surface area contributed by atoms with Gasteiger partial charge in [-0.2, -0.15) is 19.9 Å². The van der Waals surface area contributed by atoms with Crippen LogP contribution in [0.15, 0.2) is 44.5 Å². The highest BCUT2D eigenvalue weighted by Crippen LogP contribution is 2.53. The average molecular weight is 1180 g/mol. The Kier molecular flexibility index (Phi) is 15.5. The van der Waals surface area contributed by atoms with Gasteiger partial charge in [0.25, 0.3) is 11.1 Å². The summed E-state index contributed by atoms with van der Waals surface area (Å²) in [6.07, 6.45) is -13.5. The van der Waals surface area contributed by atoms with Crippen LogP contribution in [-0.2, 0) is 59.8 Å². The van der Waals surface area contributed by atoms with Crippen LogP contribution in [0.1, 0.15) is 50.6 Å². The number of nitrogens with one attached hydrogen (secondary N) is 2. The fraction of sp³-hybridized carbons (Fsp3) is 0.556. The molecule has 79 heavy (non-hydrogen) atoms. The Labute approximate surface area is 437 Å². The van der Waals surface area contributed by atoms with Crippen LogP contribution in [-0.4, -0.2) is 168 Å². The number of hydrogen-bond acceptors (Lipinski definition) is 31. The van der Waals surface area contributed by atoms with Crippen molar-refractivity contribution in [1.82, 2.24) is 68.1 Å². The quantitative estimate of drug-likeness (QED) is 0.0324. The van der Waals surface area contributed by atoms with E-state index in [9.17, 15) is 57.8 Å². The molecule has 6 aromatic rings. The molecule has 4 aliphatic rings. The first-order valence-electron chi connectivity index (χ1n) is 23.2. The Bertz CT molecular complexity index is 3650. The van der Waals surface area contributed by atoms with Crippen LogP contribution in [0.25, 0.3) is 22.3 Å². The molecule has 43 heteroatoms. The number of aliphatic hydroxyl groups excluding tert-OH is 2. The number of nitrogens with two attached hydrogens (primary N) is 4. The van der Waals surface area contributed by atoms with Crippen LogP contribution >= 0.6 is 23.5 Å². The van der Waals surface area contributed by atoms with Crippen LogP contribution in [0, 0.1) is 0 Å². The second-order valence-electron chi connectivity index (χ2n) is 17.8. The number of nitrogen functional groups attached to an aromatic ring is 4. The fourth-order valence-electron chi connectivity index (χ4n) is 8.97. The van der Waals surface area contributed by atoms with Crippen molar-refractivity contribution in [3.8, 4) is 0 Å². The van der Waals surface area contributed by atoms with Crippen LogP contribution in [0.2, 0.25) is 0 Å². The SMILES string of the molecule is Nc1ncn([C@H]2C[C@@H](OP(=O)(O)OC[C@H]3O[C@@H](n4cnc5c(=O)[nH]c(N)nc54)C[C@H]3OP(=O)(O)OC[C@H]3O[C@@H](n4cnc(N)nc4=O)C[C@H]3OP(=O)(O)OC[C@H]3O[C@@H](n4cnc5c(=O)[nH]c(N)nc54)C[C@H]3O)[C@@H](CO)O2)c(=O)n1. The number of phosphoric acid groups is 3. The monoisotopic (exact) mass is 1180 g/mol. The molecule has 0 aliphatic carbocycles. The molecule has 10 heterocycles. The Balaban J connectivity index is 0.828. The highest BCUT2D eigenvalue weighted by Gasteiger charge is 2.48. The van der Waals surface area contributed by atoms with Crippen LogP contribution in [0.3, 0.4) is 0 Å². The smallest absolute Gasteiger partial charge is 0.394 e. The van der Waals surface area contributed by atoms with Gasteiger partial charge in [-0.1, -0.05) is 0 Å². The number of phosphoric ester groups is 3. The number of ether oxygens (including phenoxy) is 4. The lowest BCUT2D eigenvalue weighted by Crippen LogP contribution is -2.31. The van der Waals surface area contributed by atoms with E-state index >= 15 is 0 Å². The van der Waals surface area contributed by atoms with Crippen LogP contribution < -0.4 is 45.4 Å². The zero-order valence-corrected chi connectivity index (χ0v) is 42.8. The lowest BCUT2D eigenvalue weighted by molar-refractivity contribution is -0.0631. The first-order valence-corrected chi connectivity index (χ1v) is 27.6. The van der Waals surface area contributed by atoms with Gasteiger partial charge in [0.2, 0.25) is 23.8 Å². The number of fused-ring (bicyclic) bond motifs is 2. The van der Waals surface area contributed by atoms with Crippen molar-refractivity contribution in [2.75, 3.05) is 49.4 Å². The number of hydrogen-bond donors (Lipinski definition) is 11. The molecule has 6 aromatic heterocycles. The van der Waals surface area contributed by atoms with Crippen LogP contribution in [0.5, 0.6) is 0 Å². The predicted octanol–water partition coefficient (Wildman–Crippen LogP) is -4.10. The van der Waals surface area contributed by atoms with Gasteiger partial charge in [-0.3, -0.25) is 65.0 Å². The summed E-state index contributed by atoms with van der Waals surface area (Å²) in [5.41, 5.74) is 18.9. The second kappa shape index (κ2) is 21.9. The third-order valence-electron chi connectivity index (χ3n) is 12.6. The Morgan fingerprint density at radius 3 is 1.30 bits per heavy atom. The first-order chi connectivity index (χ1) is 37.4. The van der Waals surface area contributed by atoms with Gasteiger partial charge < -0.3 is 66.8 Å². The molecule has 0 radical (unpaired) electrons. The van der Waals surface area contributed by atoms with Crippen molar-refractivity contribution in [3.05, 3.63) is 67.0 Å². The molecule has 10 rings (SSSR count). The predicted molar refractivity (Wildman–Crippen MR) is 256 cm³/mol. The number of H-pyrrole nitrogens is 2. The molecule has 0 spiro atoms. The third-order valence-corrected chi connectivity index (χ3v) is 15.6. The van der Waals surface area contributed by atoms with Gasteiger partial charge in [0, 0.05) is 25.7 Å². The first kappa shape index (κ1) is 55.9. The molecule has 15 N–H and O–H groups in total. The van der Waals surface area contributed by atoms with Gasteiger partial charge in [0.15, 0.2) is 22.3 Å². The molecule has 4 aliphatic heterocycles. The van der Waals surface area contributed by atoms with Crippen molar-refractivity contribution in [2.24, 2.45) is 0 Å². The fourth-order valence-corrected chi connectivity index (χ4v) is 11.8. The Hall–Kier alpha value is -6.39. The lowest BCUT2D eigenvalue weighted by atomic mass is 10.2. The highest BCUT2D eigenvalue weighted by molar-refractivity contribution is 7.48. The van der Waals surface area contributed by atoms with E-state index in [1.165, 1.54) is 15.5 Å². The van der Waals surface area contributed by atoms with E-state index in [0.717, 1.165) is 28.1 Å². The third kappa shape index (κ3) is 12.2. The van der Waals surface area contributed by atoms with Gasteiger partial charge in [-0.15, -0.1) is 0 Å². The summed E-state index contributed by atoms with van der Waals surface area (Å²) < 4.78 is 101. The summed E-state index contributed by atoms with van der Waals surface area (Å²) >= 11 is 0. The number of aromatic amines is 2. The Morgan fingerprint density at radius 2 is 0.886 bits per heavy atom. The number of imidazole rings is 2. The summed E-state index contributed by atoms with van der Waals surface area (Å²) in [5.74, 6) is -1.28. The number of anilines is 4. The van der Waals surface area contributed by atoms with E-state index in [1.54, 1.807) is 0 Å². The summed E-state index contributed by atoms with van der Waals surface area (Å²) in [4.78, 5) is 119. The normalized spacial score (nSPS) is 29.5. The molecule has 3 unspecified atom stereocenters. The number of aromatic nitrogens is 14. The maximum atomic E-state index is 13.9. The molecule has 4 fully saturated rings. The number of aliphatic hydroxyl groups is 2. The highest BCUT2D eigenvalue weighted by atomic mass is 31.2. The maximum absolute atomic E-state index is 13.9. The molecule has 15 atom stereocenters. The van der Waals surface area contributed by atoms with Gasteiger partial charge >= 0.3 is 34.8 Å². The second-order valence-corrected chi connectivity index (χ2v) is 22.0. The van der Waals surface area contributed by atoms with Crippen molar-refractivity contribution in [3.63, 3.8) is 0 Å². The lowest BCUT2D eigenvalue weighted by Gasteiger charge is -2.25. The van der Waals surface area contributed by atoms with E-state index in [-0.39, 0.29) is 53.0 Å². The minimum atomic E-state index is -5.40. The minimum absolute atomic E-state index is 0.0284. The molecular weight excluding hydrogens is 1130 g/mol. The average Bonchev–Trinajstić information content (AvgIpc) is 4.45. The van der Waals surface area contributed by atoms with Crippen molar-refractivity contribution < 1.29 is 84.7 Å². The van der Waals surface area contributed by atoms with E-state index in [2.05, 4.69) is 49.8 Å². The topological polar surface area (TPSA) is 571 Å². The van der Waals surface area contributed by atoms with E-state index in [0.29, 0.717) is 0 Å². The Morgan fingerprint density at radius 1 is 0.532 bits per heavy atom. The molecule has 0 aromatic carbocycles. The standard InChI is InChI=1S/C36H47N18O22P3/c37-31-43-11-53(35(59)49-31)23-2-14(17(5-55)70-23)74-78(63,64)68-7-19-15(3-22(72-19)52-10-42-26-28(52)46-34(40)48-30(26)58)75-79(65,66)69-8-20-16(4-24(73-20)54-12-44-32(38)50-36(54)60)76-77(61,62)67-6-18-13(56)1-21(71-18)51-9-41-25-27(51)45-33(39)47-29(25)57/h9-24,55-56H,1-8H2,(H,61,62)(H,63,64)(H,65,66)(H2,37,49,59)(H2,38,50,60)(H3,39,45,47,57)(H3,40,46,48,58)/t13-,14-,15-,16-,17-,18-,19-,20-,21-,22-,23-,24-/m1/s1. The van der Waals surface area contributed by atoms with E-state index in [4.69, 9.17) is 69.0 Å². The van der Waals surface area contributed by atoms with E-state index in [1.807, 2.05) is 0 Å². The largest absolute Gasteiger partial charge is 0.472 e. The number of rotatable bonds is 20. The number of nitrogens with zero attached hydrogens (tertiary/aromatic N) is 12. The summed E-state index contributed by atoms with van der Waals surface area (Å²) in [7, 11) is -15.8. The molecular formula is C36H47N18O22P3. The van der Waals surface area contributed by atoms with Gasteiger partial charge in [-0.05, 0) is 0 Å². The van der Waals surface area contributed by atoms with Crippen LogP contribution in [0.4, 0.5) is 23.8 Å². The summed E-state index contributed by atoms with van der Waals surface area (Å²) in [6.45, 7) is -3.44. The van der Waals surface area contributed by atoms with Gasteiger partial charge in [0.05, 0.1) is 45.2 Å². The zero-order chi connectivity index (χ0) is 56.3. The molecule has 0 amide bonds. The molecule has 0 bridgehead atoms. The minimum Gasteiger partial charge on any atom is -0.394 e. The summed E-state index contributed by atoms with van der Waals surface area (Å²) in [5, 5.41) is 20.8. The molecule has 0 saturated carbocycles. The van der Waals surface area contributed by atoms with Gasteiger partial charge in [-0.25, -0.2) is 43.2 Å².